The molecule has 0 fully saturated rings. The molecular weight excluding hydrogens is 410 g/mol. The number of fused-ring (bicyclic) bond motifs is 2. The number of hydrogen-bond donors (Lipinski definition) is 2. The highest BCUT2D eigenvalue weighted by Crippen LogP contribution is 2.41. The number of aromatic nitrogens is 2. The lowest BCUT2D eigenvalue weighted by Crippen LogP contribution is -2.52. The van der Waals surface area contributed by atoms with Gasteiger partial charge in [-0.1, -0.05) is 60.7 Å². The van der Waals surface area contributed by atoms with Gasteiger partial charge in [0.2, 0.25) is 0 Å². The molecule has 4 aromatic rings. The number of hydrogen-bond acceptors (Lipinski definition) is 5. The van der Waals surface area contributed by atoms with Crippen molar-refractivity contribution in [2.45, 2.75) is 44.9 Å². The second-order valence-corrected chi connectivity index (χ2v) is 9.22. The Morgan fingerprint density at radius 2 is 1.61 bits per heavy atom. The Labute approximate surface area is 194 Å². The summed E-state index contributed by atoms with van der Waals surface area (Å²) >= 11 is 0. The number of aliphatic hydroxyl groups is 1. The van der Waals surface area contributed by atoms with Crippen LogP contribution in [0.3, 0.4) is 0 Å². The van der Waals surface area contributed by atoms with Crippen molar-refractivity contribution in [1.29, 1.82) is 0 Å². The molecule has 33 heavy (non-hydrogen) atoms. The molecule has 0 amide bonds. The molecule has 0 saturated heterocycles. The summed E-state index contributed by atoms with van der Waals surface area (Å²) in [4.78, 5) is 9.78. The highest BCUT2D eigenvalue weighted by Gasteiger charge is 2.43. The van der Waals surface area contributed by atoms with E-state index in [0.29, 0.717) is 0 Å². The van der Waals surface area contributed by atoms with E-state index >= 15 is 0 Å². The predicted octanol–water partition coefficient (Wildman–Crippen LogP) is 5.01. The van der Waals surface area contributed by atoms with Gasteiger partial charge >= 0.3 is 0 Å². The van der Waals surface area contributed by atoms with Gasteiger partial charge in [-0.15, -0.1) is 0 Å². The second kappa shape index (κ2) is 8.58. The van der Waals surface area contributed by atoms with Crippen molar-refractivity contribution >= 4 is 11.0 Å². The van der Waals surface area contributed by atoms with Crippen LogP contribution in [0.4, 0.5) is 0 Å². The summed E-state index contributed by atoms with van der Waals surface area (Å²) < 4.78 is 6.23. The monoisotopic (exact) mass is 439 g/mol. The van der Waals surface area contributed by atoms with Gasteiger partial charge in [0.1, 0.15) is 17.5 Å². The summed E-state index contributed by atoms with van der Waals surface area (Å²) in [5.41, 5.74) is 5.83. The van der Waals surface area contributed by atoms with Gasteiger partial charge in [-0.3, -0.25) is 0 Å². The lowest BCUT2D eigenvalue weighted by Gasteiger charge is -2.42. The first-order valence-corrected chi connectivity index (χ1v) is 11.4. The zero-order chi connectivity index (χ0) is 23.0. The summed E-state index contributed by atoms with van der Waals surface area (Å²) in [6.07, 6.45) is 0.177. The standard InChI is InChI=1S/C28H29N3O2/c1-18-25(20-12-8-5-9-13-20)31-22-16-21-24(17-23(22)30-18)33-28(2,3)27(32)26(21)29-15-14-19-10-6-4-7-11-19/h4-13,16-17,26-27,29,32H,14-15H2,1-3H3. The molecule has 0 aliphatic carbocycles. The van der Waals surface area contributed by atoms with Crippen molar-refractivity contribution in [2.75, 3.05) is 6.54 Å². The minimum Gasteiger partial charge on any atom is -0.485 e. The van der Waals surface area contributed by atoms with Gasteiger partial charge < -0.3 is 15.2 Å². The number of ether oxygens (including phenoxy) is 1. The van der Waals surface area contributed by atoms with E-state index in [2.05, 4.69) is 17.4 Å². The second-order valence-electron chi connectivity index (χ2n) is 9.22. The van der Waals surface area contributed by atoms with Crippen molar-refractivity contribution < 1.29 is 9.84 Å². The molecule has 5 nitrogen and oxygen atoms in total. The fraction of sp³-hybridized carbons (Fsp3) is 0.286. The molecule has 3 aromatic carbocycles. The van der Waals surface area contributed by atoms with E-state index in [1.54, 1.807) is 0 Å². The smallest absolute Gasteiger partial charge is 0.131 e. The molecule has 1 aromatic heterocycles. The van der Waals surface area contributed by atoms with Crippen LogP contribution in [0.1, 0.15) is 36.7 Å². The number of nitrogens with zero attached hydrogens (tertiary/aromatic N) is 2. The molecule has 2 atom stereocenters. The van der Waals surface area contributed by atoms with E-state index in [4.69, 9.17) is 14.7 Å². The van der Waals surface area contributed by atoms with Gasteiger partial charge in [0, 0.05) is 17.2 Å². The van der Waals surface area contributed by atoms with Gasteiger partial charge in [-0.05, 0) is 45.4 Å². The fourth-order valence-electron chi connectivity index (χ4n) is 4.54. The first-order chi connectivity index (χ1) is 15.9. The lowest BCUT2D eigenvalue weighted by molar-refractivity contribution is -0.0642. The number of aliphatic hydroxyl groups excluding tert-OH is 1. The van der Waals surface area contributed by atoms with Crippen LogP contribution in [0, 0.1) is 6.92 Å². The Kier molecular flexibility index (Phi) is 5.60. The first kappa shape index (κ1) is 21.6. The molecule has 0 spiro atoms. The van der Waals surface area contributed by atoms with Gasteiger partial charge in [0.15, 0.2) is 0 Å². The zero-order valence-corrected chi connectivity index (χ0v) is 19.2. The average molecular weight is 440 g/mol. The molecule has 5 heteroatoms. The highest BCUT2D eigenvalue weighted by molar-refractivity contribution is 5.81. The molecular formula is C28H29N3O2. The minimum atomic E-state index is -0.725. The molecule has 1 aliphatic rings. The zero-order valence-electron chi connectivity index (χ0n) is 19.2. The number of aryl methyl sites for hydroxylation is 1. The highest BCUT2D eigenvalue weighted by atomic mass is 16.5. The quantitative estimate of drug-likeness (QED) is 0.458. The number of nitrogens with one attached hydrogen (secondary N) is 1. The first-order valence-electron chi connectivity index (χ1n) is 11.4. The molecule has 0 radical (unpaired) electrons. The minimum absolute atomic E-state index is 0.264. The Bertz CT molecular complexity index is 1270. The van der Waals surface area contributed by atoms with E-state index in [9.17, 15) is 5.11 Å². The lowest BCUT2D eigenvalue weighted by atomic mass is 9.86. The Morgan fingerprint density at radius 3 is 2.33 bits per heavy atom. The Balaban J connectivity index is 1.52. The summed E-state index contributed by atoms with van der Waals surface area (Å²) in [6, 6.07) is 24.2. The van der Waals surface area contributed by atoms with Crippen LogP contribution in [0.25, 0.3) is 22.3 Å². The Morgan fingerprint density at radius 1 is 0.939 bits per heavy atom. The predicted molar refractivity (Wildman–Crippen MR) is 131 cm³/mol. The number of rotatable bonds is 5. The van der Waals surface area contributed by atoms with Crippen molar-refractivity contribution in [3.8, 4) is 17.0 Å². The molecule has 168 valence electrons. The normalized spacial score (nSPS) is 19.2. The van der Waals surface area contributed by atoms with Crippen LogP contribution >= 0.6 is 0 Å². The van der Waals surface area contributed by atoms with E-state index < -0.39 is 11.7 Å². The molecule has 0 saturated carbocycles. The van der Waals surface area contributed by atoms with Gasteiger partial charge in [-0.2, -0.15) is 0 Å². The maximum Gasteiger partial charge on any atom is 0.131 e. The van der Waals surface area contributed by atoms with Crippen LogP contribution in [0.2, 0.25) is 0 Å². The fourth-order valence-corrected chi connectivity index (χ4v) is 4.54. The molecule has 5 rings (SSSR count). The van der Waals surface area contributed by atoms with Crippen LogP contribution in [-0.2, 0) is 6.42 Å². The van der Waals surface area contributed by atoms with Crippen LogP contribution in [-0.4, -0.2) is 33.3 Å². The largest absolute Gasteiger partial charge is 0.485 e. The van der Waals surface area contributed by atoms with Crippen LogP contribution in [0.15, 0.2) is 72.8 Å². The summed E-state index contributed by atoms with van der Waals surface area (Å²) in [5, 5.41) is 14.7. The molecule has 2 N–H and O–H groups in total. The maximum absolute atomic E-state index is 11.2. The van der Waals surface area contributed by atoms with Crippen molar-refractivity contribution in [3.05, 3.63) is 89.6 Å². The molecule has 2 heterocycles. The van der Waals surface area contributed by atoms with E-state index in [1.165, 1.54) is 5.56 Å². The van der Waals surface area contributed by atoms with E-state index in [1.807, 2.05) is 81.4 Å². The van der Waals surface area contributed by atoms with E-state index in [-0.39, 0.29) is 6.04 Å². The average Bonchev–Trinajstić information content (AvgIpc) is 2.81. The van der Waals surface area contributed by atoms with Gasteiger partial charge in [0.25, 0.3) is 0 Å². The number of benzene rings is 3. The van der Waals surface area contributed by atoms with Crippen LogP contribution < -0.4 is 10.1 Å². The van der Waals surface area contributed by atoms with Crippen molar-refractivity contribution in [2.24, 2.45) is 0 Å². The third kappa shape index (κ3) is 4.22. The SMILES string of the molecule is Cc1nc2cc3c(cc2nc1-c1ccccc1)C(NCCc1ccccc1)C(O)C(C)(C)O3. The summed E-state index contributed by atoms with van der Waals surface area (Å²) in [7, 11) is 0. The topological polar surface area (TPSA) is 67.3 Å². The van der Waals surface area contributed by atoms with Gasteiger partial charge in [-0.25, -0.2) is 9.97 Å². The Hall–Kier alpha value is -3.28. The molecule has 1 aliphatic heterocycles. The third-order valence-corrected chi connectivity index (χ3v) is 6.37. The molecule has 2 unspecified atom stereocenters. The third-order valence-electron chi connectivity index (χ3n) is 6.37. The molecule has 0 bridgehead atoms. The van der Waals surface area contributed by atoms with Crippen molar-refractivity contribution in [3.63, 3.8) is 0 Å². The van der Waals surface area contributed by atoms with Crippen LogP contribution in [0.5, 0.6) is 5.75 Å². The van der Waals surface area contributed by atoms with Gasteiger partial charge in [0.05, 0.1) is 28.5 Å². The van der Waals surface area contributed by atoms with Crippen molar-refractivity contribution in [1.82, 2.24) is 15.3 Å². The van der Waals surface area contributed by atoms with E-state index in [0.717, 1.165) is 52.3 Å². The summed E-state index contributed by atoms with van der Waals surface area (Å²) in [6.45, 7) is 6.57. The maximum atomic E-state index is 11.2. The summed E-state index contributed by atoms with van der Waals surface area (Å²) in [5.74, 6) is 0.746.